The van der Waals surface area contributed by atoms with Gasteiger partial charge in [-0.1, -0.05) is 0 Å². The van der Waals surface area contributed by atoms with Crippen LogP contribution >= 0.6 is 0 Å². The molecule has 0 aromatic heterocycles. The molecule has 0 aromatic rings. The molecule has 0 bridgehead atoms. The van der Waals surface area contributed by atoms with Gasteiger partial charge in [-0.05, 0) is 27.7 Å². The standard InChI is InChI=1S/C9H19NO5S/c1-7(2)15-5-6-16(13,14)10-9(3,4)8(11)12/h7,10H,5-6H2,1-4H3,(H,11,12). The van der Waals surface area contributed by atoms with E-state index in [1.807, 2.05) is 0 Å². The molecule has 0 unspecified atom stereocenters. The van der Waals surface area contributed by atoms with Crippen LogP contribution < -0.4 is 4.72 Å². The second kappa shape index (κ2) is 5.60. The molecule has 0 spiro atoms. The Labute approximate surface area is 96.0 Å². The number of nitrogens with one attached hydrogen (secondary N) is 1. The van der Waals surface area contributed by atoms with Gasteiger partial charge in [0.2, 0.25) is 10.0 Å². The topological polar surface area (TPSA) is 92.7 Å². The normalized spacial score (nSPS) is 13.1. The number of hydrogen-bond acceptors (Lipinski definition) is 4. The number of hydrogen-bond donors (Lipinski definition) is 2. The molecule has 0 aliphatic carbocycles. The molecule has 0 saturated heterocycles. The summed E-state index contributed by atoms with van der Waals surface area (Å²) in [7, 11) is -3.64. The molecule has 2 N–H and O–H groups in total. The first-order valence-corrected chi connectivity index (χ1v) is 6.59. The maximum absolute atomic E-state index is 11.5. The largest absolute Gasteiger partial charge is 0.480 e. The van der Waals surface area contributed by atoms with Crippen molar-refractivity contribution in [2.45, 2.75) is 39.3 Å². The first-order chi connectivity index (χ1) is 7.07. The third kappa shape index (κ3) is 6.04. The number of carboxylic acids is 1. The number of carboxylic acid groups (broad SMARTS) is 1. The molecule has 96 valence electrons. The Hall–Kier alpha value is -0.660. The van der Waals surface area contributed by atoms with E-state index in [1.165, 1.54) is 13.8 Å². The molecular formula is C9H19NO5S. The molecule has 0 radical (unpaired) electrons. The summed E-state index contributed by atoms with van der Waals surface area (Å²) in [5.41, 5.74) is -1.50. The van der Waals surface area contributed by atoms with Gasteiger partial charge in [0.05, 0.1) is 18.5 Å². The summed E-state index contributed by atoms with van der Waals surface area (Å²) in [5.74, 6) is -1.47. The van der Waals surface area contributed by atoms with Crippen molar-refractivity contribution >= 4 is 16.0 Å². The molecule has 0 aromatic carbocycles. The summed E-state index contributed by atoms with van der Waals surface area (Å²) in [6, 6.07) is 0. The minimum absolute atomic E-state index is 0.0443. The molecule has 0 aliphatic heterocycles. The lowest BCUT2D eigenvalue weighted by molar-refractivity contribution is -0.142. The van der Waals surface area contributed by atoms with Crippen molar-refractivity contribution in [3.8, 4) is 0 Å². The maximum Gasteiger partial charge on any atom is 0.324 e. The Bertz CT molecular complexity index is 334. The predicted octanol–water partition coefficient (Wildman–Crippen LogP) is 0.194. The van der Waals surface area contributed by atoms with Crippen LogP contribution in [-0.2, 0) is 19.6 Å². The summed E-state index contributed by atoms with van der Waals surface area (Å²) in [4.78, 5) is 10.7. The minimum Gasteiger partial charge on any atom is -0.480 e. The zero-order chi connectivity index (χ0) is 13.0. The molecule has 0 atom stereocenters. The summed E-state index contributed by atoms with van der Waals surface area (Å²) in [5, 5.41) is 8.76. The Morgan fingerprint density at radius 3 is 2.31 bits per heavy atom. The number of carbonyl (C=O) groups is 1. The lowest BCUT2D eigenvalue weighted by Crippen LogP contribution is -2.50. The second-order valence-electron chi connectivity index (χ2n) is 4.27. The SMILES string of the molecule is CC(C)OCCS(=O)(=O)NC(C)(C)C(=O)O. The minimum atomic E-state index is -3.64. The van der Waals surface area contributed by atoms with Crippen molar-refractivity contribution in [3.05, 3.63) is 0 Å². The van der Waals surface area contributed by atoms with E-state index in [9.17, 15) is 13.2 Å². The lowest BCUT2D eigenvalue weighted by atomic mass is 10.1. The Kier molecular flexibility index (Phi) is 5.37. The van der Waals surface area contributed by atoms with E-state index in [4.69, 9.17) is 9.84 Å². The highest BCUT2D eigenvalue weighted by Gasteiger charge is 2.31. The van der Waals surface area contributed by atoms with Gasteiger partial charge in [0, 0.05) is 0 Å². The smallest absolute Gasteiger partial charge is 0.324 e. The fraction of sp³-hybridized carbons (Fsp3) is 0.889. The highest BCUT2D eigenvalue weighted by molar-refractivity contribution is 7.89. The average Bonchev–Trinajstić information content (AvgIpc) is 1.99. The molecule has 0 amide bonds. The van der Waals surface area contributed by atoms with Gasteiger partial charge >= 0.3 is 5.97 Å². The van der Waals surface area contributed by atoms with Gasteiger partial charge in [-0.25, -0.2) is 8.42 Å². The number of aliphatic carboxylic acids is 1. The fourth-order valence-electron chi connectivity index (χ4n) is 0.877. The summed E-state index contributed by atoms with van der Waals surface area (Å²) in [6.45, 7) is 6.21. The van der Waals surface area contributed by atoms with Crippen LogP contribution in [0.1, 0.15) is 27.7 Å². The fourth-order valence-corrected chi connectivity index (χ4v) is 2.16. The molecule has 0 heterocycles. The number of ether oxygens (including phenoxy) is 1. The second-order valence-corrected chi connectivity index (χ2v) is 6.11. The molecule has 0 aliphatic rings. The Balaban J connectivity index is 4.31. The van der Waals surface area contributed by atoms with Crippen molar-refractivity contribution < 1.29 is 23.1 Å². The molecule has 7 heteroatoms. The van der Waals surface area contributed by atoms with E-state index in [0.29, 0.717) is 0 Å². The van der Waals surface area contributed by atoms with Crippen LogP contribution in [0.25, 0.3) is 0 Å². The van der Waals surface area contributed by atoms with E-state index in [1.54, 1.807) is 13.8 Å². The zero-order valence-corrected chi connectivity index (χ0v) is 10.8. The quantitative estimate of drug-likeness (QED) is 0.676. The van der Waals surface area contributed by atoms with Crippen LogP contribution in [0, 0.1) is 0 Å². The predicted molar refractivity (Wildman–Crippen MR) is 59.7 cm³/mol. The number of rotatable bonds is 7. The van der Waals surface area contributed by atoms with Crippen LogP contribution in [0.15, 0.2) is 0 Å². The molecule has 0 fully saturated rings. The van der Waals surface area contributed by atoms with Gasteiger partial charge in [0.25, 0.3) is 0 Å². The molecule has 0 rings (SSSR count). The van der Waals surface area contributed by atoms with E-state index in [2.05, 4.69) is 4.72 Å². The monoisotopic (exact) mass is 253 g/mol. The van der Waals surface area contributed by atoms with Gasteiger partial charge in [-0.3, -0.25) is 4.79 Å². The van der Waals surface area contributed by atoms with E-state index < -0.39 is 21.5 Å². The van der Waals surface area contributed by atoms with Crippen molar-refractivity contribution in [2.75, 3.05) is 12.4 Å². The van der Waals surface area contributed by atoms with E-state index in [0.717, 1.165) is 0 Å². The van der Waals surface area contributed by atoms with Crippen LogP contribution in [0.4, 0.5) is 0 Å². The molecular weight excluding hydrogens is 234 g/mol. The molecule has 6 nitrogen and oxygen atoms in total. The summed E-state index contributed by atoms with van der Waals surface area (Å²) < 4.78 is 30.1. The third-order valence-electron chi connectivity index (χ3n) is 1.75. The summed E-state index contributed by atoms with van der Waals surface area (Å²) in [6.07, 6.45) is -0.0531. The average molecular weight is 253 g/mol. The van der Waals surface area contributed by atoms with Crippen molar-refractivity contribution in [1.82, 2.24) is 4.72 Å². The Morgan fingerprint density at radius 1 is 1.44 bits per heavy atom. The maximum atomic E-state index is 11.5. The first kappa shape index (κ1) is 15.3. The van der Waals surface area contributed by atoms with Gasteiger partial charge in [-0.2, -0.15) is 4.72 Å². The lowest BCUT2D eigenvalue weighted by Gasteiger charge is -2.20. The zero-order valence-electron chi connectivity index (χ0n) is 9.98. The van der Waals surface area contributed by atoms with Crippen LogP contribution in [0.2, 0.25) is 0 Å². The van der Waals surface area contributed by atoms with Crippen molar-refractivity contribution in [3.63, 3.8) is 0 Å². The van der Waals surface area contributed by atoms with Crippen LogP contribution in [0.3, 0.4) is 0 Å². The van der Waals surface area contributed by atoms with Crippen molar-refractivity contribution in [1.29, 1.82) is 0 Å². The van der Waals surface area contributed by atoms with E-state index in [-0.39, 0.29) is 18.5 Å². The molecule has 16 heavy (non-hydrogen) atoms. The van der Waals surface area contributed by atoms with Gasteiger partial charge in [0.15, 0.2) is 0 Å². The molecule has 0 saturated carbocycles. The third-order valence-corrected chi connectivity index (χ3v) is 3.27. The Morgan fingerprint density at radius 2 is 1.94 bits per heavy atom. The van der Waals surface area contributed by atoms with Gasteiger partial charge < -0.3 is 9.84 Å². The first-order valence-electron chi connectivity index (χ1n) is 4.93. The number of sulfonamides is 1. The highest BCUT2D eigenvalue weighted by atomic mass is 32.2. The van der Waals surface area contributed by atoms with Crippen molar-refractivity contribution in [2.24, 2.45) is 0 Å². The summed E-state index contributed by atoms with van der Waals surface area (Å²) >= 11 is 0. The highest BCUT2D eigenvalue weighted by Crippen LogP contribution is 2.04. The van der Waals surface area contributed by atoms with Crippen LogP contribution in [-0.4, -0.2) is 43.5 Å². The van der Waals surface area contributed by atoms with Gasteiger partial charge in [-0.15, -0.1) is 0 Å². The van der Waals surface area contributed by atoms with Gasteiger partial charge in [0.1, 0.15) is 5.54 Å². The van der Waals surface area contributed by atoms with Crippen LogP contribution in [0.5, 0.6) is 0 Å². The van der Waals surface area contributed by atoms with E-state index >= 15 is 0 Å².